The summed E-state index contributed by atoms with van der Waals surface area (Å²) >= 11 is 2.35. The summed E-state index contributed by atoms with van der Waals surface area (Å²) in [5.41, 5.74) is 6.77. The molecule has 0 spiro atoms. The van der Waals surface area contributed by atoms with Crippen LogP contribution in [-0.2, 0) is 14.4 Å². The number of hydrogen-bond acceptors (Lipinski definition) is 11. The minimum Gasteiger partial charge on any atom is -0.477 e. The maximum atomic E-state index is 13.0. The molecule has 1 aromatic carbocycles. The molecule has 35 heavy (non-hydrogen) atoms. The van der Waals surface area contributed by atoms with Crippen LogP contribution in [0, 0.1) is 0 Å². The molecule has 2 aromatic rings. The lowest BCUT2D eigenvalue weighted by molar-refractivity contribution is -0.150. The quantitative estimate of drug-likeness (QED) is 0.162. The summed E-state index contributed by atoms with van der Waals surface area (Å²) in [6.45, 7) is -0.521. The molecule has 2 amide bonds. The average molecular weight is 522 g/mol. The van der Waals surface area contributed by atoms with Crippen LogP contribution in [0.15, 0.2) is 46.8 Å². The van der Waals surface area contributed by atoms with Gasteiger partial charge in [0.25, 0.3) is 5.91 Å². The van der Waals surface area contributed by atoms with Gasteiger partial charge in [0.2, 0.25) is 11.1 Å². The number of aromatic nitrogens is 4. The molecule has 186 valence electrons. The number of amides is 2. The van der Waals surface area contributed by atoms with Gasteiger partial charge in [-0.2, -0.15) is 5.21 Å². The van der Waals surface area contributed by atoms with Crippen LogP contribution < -0.4 is 11.1 Å². The lowest BCUT2D eigenvalue weighted by Gasteiger charge is -2.50. The maximum absolute atomic E-state index is 13.0. The highest BCUT2D eigenvalue weighted by Crippen LogP contribution is 2.44. The molecule has 5 atom stereocenters. The molecule has 0 aliphatic carbocycles. The highest BCUT2D eigenvalue weighted by Gasteiger charge is 2.55. The Morgan fingerprint density at radius 3 is 2.71 bits per heavy atom. The number of carboxylic acids is 1. The summed E-state index contributed by atoms with van der Waals surface area (Å²) in [5.74, 6) is -2.22. The van der Waals surface area contributed by atoms with Crippen molar-refractivity contribution in [1.82, 2.24) is 30.8 Å². The van der Waals surface area contributed by atoms with Gasteiger partial charge in [0.15, 0.2) is 0 Å². The Bertz CT molecular complexity index is 1120. The van der Waals surface area contributed by atoms with Gasteiger partial charge in [0.05, 0.1) is 12.7 Å². The number of aromatic amines is 1. The lowest BCUT2D eigenvalue weighted by atomic mass is 9.98. The van der Waals surface area contributed by atoms with Crippen molar-refractivity contribution in [2.24, 2.45) is 5.73 Å². The van der Waals surface area contributed by atoms with Crippen LogP contribution in [0.4, 0.5) is 0 Å². The summed E-state index contributed by atoms with van der Waals surface area (Å²) in [5, 5.41) is 44.4. The highest BCUT2D eigenvalue weighted by atomic mass is 32.2. The van der Waals surface area contributed by atoms with Gasteiger partial charge < -0.3 is 26.4 Å². The van der Waals surface area contributed by atoms with E-state index >= 15 is 0 Å². The van der Waals surface area contributed by atoms with Crippen LogP contribution in [0.1, 0.15) is 18.0 Å². The van der Waals surface area contributed by atoms with E-state index < -0.39 is 53.2 Å². The number of β-lactam (4-membered cyclic amide) rings is 1. The van der Waals surface area contributed by atoms with Crippen LogP contribution in [0.5, 0.6) is 0 Å². The first-order valence-corrected chi connectivity index (χ1v) is 12.5. The van der Waals surface area contributed by atoms with Crippen LogP contribution in [0.2, 0.25) is 0 Å². The fourth-order valence-electron chi connectivity index (χ4n) is 3.86. The van der Waals surface area contributed by atoms with Crippen LogP contribution in [-0.4, -0.2) is 93.8 Å². The smallest absolute Gasteiger partial charge is 0.352 e. The van der Waals surface area contributed by atoms with E-state index in [4.69, 9.17) is 5.73 Å². The van der Waals surface area contributed by atoms with Crippen molar-refractivity contribution in [3.8, 4) is 0 Å². The minimum atomic E-state index is -1.32. The Balaban J connectivity index is 1.55. The number of nitrogens with two attached hydrogens (primary N) is 1. The second-order valence-electron chi connectivity index (χ2n) is 7.84. The van der Waals surface area contributed by atoms with Crippen molar-refractivity contribution in [2.45, 2.75) is 40.4 Å². The standard InChI is InChI=1S/C20H23N7O6S2/c21-13(9-4-2-1-3-5-9)16(30)22-14-17(31)27-15(19(32)33)11(8-34-18(14)27)12(6-10(29)7-28)35-20-23-25-26-24-20/h1-5,10,12-14,18,28-29H,6-8,21H2,(H,22,30)(H,32,33)(H,23,24,25,26)/t10?,12?,13?,14?,18-/m0/s1. The number of aliphatic hydroxyl groups is 2. The number of benzene rings is 1. The van der Waals surface area contributed by atoms with E-state index in [2.05, 4.69) is 25.9 Å². The normalized spacial score (nSPS) is 22.1. The summed E-state index contributed by atoms with van der Waals surface area (Å²) in [4.78, 5) is 39.0. The molecule has 4 unspecified atom stereocenters. The van der Waals surface area contributed by atoms with E-state index in [1.54, 1.807) is 30.3 Å². The first-order chi connectivity index (χ1) is 16.8. The largest absolute Gasteiger partial charge is 0.477 e. The first-order valence-electron chi connectivity index (χ1n) is 10.5. The van der Waals surface area contributed by atoms with E-state index in [9.17, 15) is 29.7 Å². The van der Waals surface area contributed by atoms with Crippen LogP contribution in [0.3, 0.4) is 0 Å². The SMILES string of the molecule is NC(C(=O)NC1C(=O)N2C(C(=O)O)=C(C(CC(O)CO)Sc3nn[nH]n3)CS[C@@H]12)c1ccccc1. The van der Waals surface area contributed by atoms with Crippen molar-refractivity contribution in [1.29, 1.82) is 0 Å². The van der Waals surface area contributed by atoms with Gasteiger partial charge in [-0.05, 0) is 22.8 Å². The monoisotopic (exact) mass is 521 g/mol. The number of fused-ring (bicyclic) bond motifs is 1. The van der Waals surface area contributed by atoms with Gasteiger partial charge >= 0.3 is 5.97 Å². The number of thioether (sulfide) groups is 2. The molecule has 0 saturated carbocycles. The van der Waals surface area contributed by atoms with Gasteiger partial charge in [0.1, 0.15) is 23.2 Å². The molecule has 0 radical (unpaired) electrons. The third kappa shape index (κ3) is 5.18. The fraction of sp³-hybridized carbons (Fsp3) is 0.400. The summed E-state index contributed by atoms with van der Waals surface area (Å²) < 4.78 is 0. The van der Waals surface area contributed by atoms with E-state index in [1.807, 2.05) is 0 Å². The fourth-order valence-corrected chi connectivity index (χ4v) is 6.48. The molecule has 2 aliphatic heterocycles. The summed E-state index contributed by atoms with van der Waals surface area (Å²) in [6.07, 6.45) is -1.12. The molecule has 3 heterocycles. The van der Waals surface area contributed by atoms with E-state index in [-0.39, 0.29) is 23.0 Å². The second kappa shape index (κ2) is 10.7. The number of aliphatic hydroxyl groups excluding tert-OH is 2. The van der Waals surface area contributed by atoms with Crippen molar-refractivity contribution in [2.75, 3.05) is 12.4 Å². The number of tetrazole rings is 1. The molecule has 4 rings (SSSR count). The predicted molar refractivity (Wildman–Crippen MR) is 125 cm³/mol. The molecule has 13 nitrogen and oxygen atoms in total. The minimum absolute atomic E-state index is 0.00116. The molecule has 1 fully saturated rings. The van der Waals surface area contributed by atoms with Gasteiger partial charge in [-0.15, -0.1) is 22.0 Å². The average Bonchev–Trinajstić information content (AvgIpc) is 3.38. The number of carboxylic acid groups (broad SMARTS) is 1. The molecular formula is C20H23N7O6S2. The van der Waals surface area contributed by atoms with Crippen molar-refractivity contribution in [3.05, 3.63) is 47.2 Å². The first kappa shape index (κ1) is 25.1. The topological polar surface area (TPSA) is 208 Å². The second-order valence-corrected chi connectivity index (χ2v) is 10.1. The Morgan fingerprint density at radius 1 is 1.34 bits per heavy atom. The number of H-pyrrole nitrogens is 1. The Labute approximate surface area is 207 Å². The van der Waals surface area contributed by atoms with Gasteiger partial charge in [0, 0.05) is 11.0 Å². The number of hydrogen-bond donors (Lipinski definition) is 6. The van der Waals surface area contributed by atoms with E-state index in [0.717, 1.165) is 16.7 Å². The van der Waals surface area contributed by atoms with E-state index in [0.29, 0.717) is 11.1 Å². The van der Waals surface area contributed by atoms with Crippen LogP contribution in [0.25, 0.3) is 0 Å². The zero-order chi connectivity index (χ0) is 25.1. The van der Waals surface area contributed by atoms with Crippen molar-refractivity contribution in [3.63, 3.8) is 0 Å². The molecule has 0 bridgehead atoms. The molecular weight excluding hydrogens is 498 g/mol. The van der Waals surface area contributed by atoms with E-state index in [1.165, 1.54) is 11.8 Å². The van der Waals surface area contributed by atoms with Crippen molar-refractivity contribution >= 4 is 41.3 Å². The number of carbonyl (C=O) groups excluding carboxylic acids is 2. The molecule has 1 saturated heterocycles. The summed E-state index contributed by atoms with van der Waals surface area (Å²) in [7, 11) is 0. The molecule has 2 aliphatic rings. The van der Waals surface area contributed by atoms with Gasteiger partial charge in [-0.1, -0.05) is 42.1 Å². The number of nitrogens with one attached hydrogen (secondary N) is 2. The van der Waals surface area contributed by atoms with Gasteiger partial charge in [-0.25, -0.2) is 4.79 Å². The number of aliphatic carboxylic acids is 1. The summed E-state index contributed by atoms with van der Waals surface area (Å²) in [6, 6.07) is 6.79. The van der Waals surface area contributed by atoms with Gasteiger partial charge in [-0.3, -0.25) is 14.5 Å². The molecule has 1 aromatic heterocycles. The predicted octanol–water partition coefficient (Wildman–Crippen LogP) is -1.16. The van der Waals surface area contributed by atoms with Crippen molar-refractivity contribution < 1.29 is 29.7 Å². The number of rotatable bonds is 10. The molecule has 7 N–H and O–H groups in total. The Morgan fingerprint density at radius 2 is 2.09 bits per heavy atom. The third-order valence-electron chi connectivity index (χ3n) is 5.60. The number of nitrogens with zero attached hydrogens (tertiary/aromatic N) is 4. The highest BCUT2D eigenvalue weighted by molar-refractivity contribution is 8.01. The Hall–Kier alpha value is -2.98. The lowest BCUT2D eigenvalue weighted by Crippen LogP contribution is -2.71. The van der Waals surface area contributed by atoms with Crippen LogP contribution >= 0.6 is 23.5 Å². The Kier molecular flexibility index (Phi) is 7.71. The zero-order valence-electron chi connectivity index (χ0n) is 18.1. The third-order valence-corrected chi connectivity index (χ3v) is 8.05. The zero-order valence-corrected chi connectivity index (χ0v) is 19.8. The maximum Gasteiger partial charge on any atom is 0.352 e. The number of carbonyl (C=O) groups is 3. The molecule has 15 heteroatoms.